The SMILES string of the molecule is CC(C)[C@H](NCC(=O)Nc1ccc([N+](=O)[O-])cc1Cl)c1ccc(Cl)cc1. The summed E-state index contributed by atoms with van der Waals surface area (Å²) in [5.41, 5.74) is 1.23. The second kappa shape index (κ2) is 8.98. The number of carbonyl (C=O) groups excluding carboxylic acids is 1. The minimum Gasteiger partial charge on any atom is -0.324 e. The molecule has 0 bridgehead atoms. The third-order valence-electron chi connectivity index (χ3n) is 3.82. The van der Waals surface area contributed by atoms with Crippen LogP contribution in [-0.4, -0.2) is 17.4 Å². The van der Waals surface area contributed by atoms with Crippen molar-refractivity contribution in [3.63, 3.8) is 0 Å². The molecular formula is C18H19Cl2N3O3. The van der Waals surface area contributed by atoms with E-state index < -0.39 is 4.92 Å². The minimum absolute atomic E-state index is 0.0228. The summed E-state index contributed by atoms with van der Waals surface area (Å²) in [6.45, 7) is 4.17. The fourth-order valence-corrected chi connectivity index (χ4v) is 2.87. The highest BCUT2D eigenvalue weighted by atomic mass is 35.5. The predicted octanol–water partition coefficient (Wildman–Crippen LogP) is 4.83. The van der Waals surface area contributed by atoms with Gasteiger partial charge in [0.05, 0.1) is 22.2 Å². The van der Waals surface area contributed by atoms with Gasteiger partial charge < -0.3 is 10.6 Å². The van der Waals surface area contributed by atoms with E-state index >= 15 is 0 Å². The summed E-state index contributed by atoms with van der Waals surface area (Å²) in [6, 6.07) is 11.4. The zero-order valence-corrected chi connectivity index (χ0v) is 15.8. The average Bonchev–Trinajstić information content (AvgIpc) is 2.58. The van der Waals surface area contributed by atoms with E-state index in [2.05, 4.69) is 24.5 Å². The number of hydrogen-bond donors (Lipinski definition) is 2. The maximum atomic E-state index is 12.2. The first kappa shape index (κ1) is 20.2. The van der Waals surface area contributed by atoms with Crippen molar-refractivity contribution >= 4 is 40.5 Å². The van der Waals surface area contributed by atoms with Crippen LogP contribution in [0, 0.1) is 16.0 Å². The fourth-order valence-electron chi connectivity index (χ4n) is 2.52. The van der Waals surface area contributed by atoms with Gasteiger partial charge in [0.15, 0.2) is 0 Å². The highest BCUT2D eigenvalue weighted by molar-refractivity contribution is 6.34. The number of benzene rings is 2. The Morgan fingerprint density at radius 3 is 2.35 bits per heavy atom. The molecule has 0 fully saturated rings. The van der Waals surface area contributed by atoms with Crippen molar-refractivity contribution in [1.82, 2.24) is 5.32 Å². The van der Waals surface area contributed by atoms with Crippen LogP contribution in [0.15, 0.2) is 42.5 Å². The first-order chi connectivity index (χ1) is 12.3. The summed E-state index contributed by atoms with van der Waals surface area (Å²) in [6.07, 6.45) is 0. The molecule has 0 saturated heterocycles. The smallest absolute Gasteiger partial charge is 0.271 e. The summed E-state index contributed by atoms with van der Waals surface area (Å²) in [4.78, 5) is 22.4. The number of halogens is 2. The molecule has 0 aromatic heterocycles. The van der Waals surface area contributed by atoms with E-state index in [9.17, 15) is 14.9 Å². The Kier molecular flexibility index (Phi) is 6.97. The topological polar surface area (TPSA) is 84.3 Å². The van der Waals surface area contributed by atoms with Gasteiger partial charge in [0, 0.05) is 23.2 Å². The van der Waals surface area contributed by atoms with Gasteiger partial charge in [0.1, 0.15) is 0 Å². The lowest BCUT2D eigenvalue weighted by Gasteiger charge is -2.23. The molecule has 0 spiro atoms. The largest absolute Gasteiger partial charge is 0.324 e. The first-order valence-electron chi connectivity index (χ1n) is 8.00. The van der Waals surface area contributed by atoms with Crippen LogP contribution >= 0.6 is 23.2 Å². The van der Waals surface area contributed by atoms with Crippen molar-refractivity contribution in [2.45, 2.75) is 19.9 Å². The zero-order valence-electron chi connectivity index (χ0n) is 14.3. The van der Waals surface area contributed by atoms with Gasteiger partial charge in [0.25, 0.3) is 5.69 Å². The van der Waals surface area contributed by atoms with Crippen LogP contribution in [0.1, 0.15) is 25.5 Å². The Hall–Kier alpha value is -2.15. The molecule has 0 saturated carbocycles. The number of nitro groups is 1. The molecule has 1 atom stereocenters. The number of nitrogens with zero attached hydrogens (tertiary/aromatic N) is 1. The summed E-state index contributed by atoms with van der Waals surface area (Å²) < 4.78 is 0. The molecule has 2 N–H and O–H groups in total. The molecule has 2 rings (SSSR count). The van der Waals surface area contributed by atoms with E-state index in [1.54, 1.807) is 0 Å². The Balaban J connectivity index is 2.00. The van der Waals surface area contributed by atoms with E-state index in [-0.39, 0.29) is 35.1 Å². The van der Waals surface area contributed by atoms with Gasteiger partial charge in [-0.2, -0.15) is 0 Å². The molecule has 1 amide bonds. The number of amides is 1. The second-order valence-corrected chi connectivity index (χ2v) is 6.97. The normalized spacial score (nSPS) is 12.0. The fraction of sp³-hybridized carbons (Fsp3) is 0.278. The van der Waals surface area contributed by atoms with Crippen molar-refractivity contribution in [3.05, 3.63) is 68.2 Å². The van der Waals surface area contributed by atoms with Crippen molar-refractivity contribution in [2.24, 2.45) is 5.92 Å². The van der Waals surface area contributed by atoms with Crippen LogP contribution in [0.2, 0.25) is 10.0 Å². The Labute approximate surface area is 161 Å². The lowest BCUT2D eigenvalue weighted by Crippen LogP contribution is -2.33. The molecular weight excluding hydrogens is 377 g/mol. The summed E-state index contributed by atoms with van der Waals surface area (Å²) in [7, 11) is 0. The highest BCUT2D eigenvalue weighted by Gasteiger charge is 2.17. The quantitative estimate of drug-likeness (QED) is 0.519. The van der Waals surface area contributed by atoms with Gasteiger partial charge in [0.2, 0.25) is 5.91 Å². The predicted molar refractivity (Wildman–Crippen MR) is 104 cm³/mol. The minimum atomic E-state index is -0.543. The average molecular weight is 396 g/mol. The molecule has 26 heavy (non-hydrogen) atoms. The highest BCUT2D eigenvalue weighted by Crippen LogP contribution is 2.27. The maximum Gasteiger partial charge on any atom is 0.271 e. The van der Waals surface area contributed by atoms with Gasteiger partial charge in [-0.15, -0.1) is 0 Å². The molecule has 0 unspecified atom stereocenters. The van der Waals surface area contributed by atoms with Crippen molar-refractivity contribution in [3.8, 4) is 0 Å². The number of rotatable bonds is 7. The first-order valence-corrected chi connectivity index (χ1v) is 8.76. The van der Waals surface area contributed by atoms with Gasteiger partial charge in [-0.25, -0.2) is 0 Å². The molecule has 6 nitrogen and oxygen atoms in total. The van der Waals surface area contributed by atoms with Crippen LogP contribution < -0.4 is 10.6 Å². The second-order valence-electron chi connectivity index (χ2n) is 6.12. The lowest BCUT2D eigenvalue weighted by molar-refractivity contribution is -0.384. The monoisotopic (exact) mass is 395 g/mol. The van der Waals surface area contributed by atoms with Crippen molar-refractivity contribution in [1.29, 1.82) is 0 Å². The zero-order chi connectivity index (χ0) is 19.3. The summed E-state index contributed by atoms with van der Waals surface area (Å²) >= 11 is 11.9. The van der Waals surface area contributed by atoms with Gasteiger partial charge in [-0.3, -0.25) is 14.9 Å². The third-order valence-corrected chi connectivity index (χ3v) is 4.38. The van der Waals surface area contributed by atoms with Crippen LogP contribution in [0.4, 0.5) is 11.4 Å². The Morgan fingerprint density at radius 1 is 1.15 bits per heavy atom. The van der Waals surface area contributed by atoms with Crippen LogP contribution in [0.25, 0.3) is 0 Å². The van der Waals surface area contributed by atoms with Gasteiger partial charge in [-0.05, 0) is 29.7 Å². The molecule has 2 aromatic carbocycles. The van der Waals surface area contributed by atoms with E-state index in [0.717, 1.165) is 5.56 Å². The molecule has 0 aliphatic carbocycles. The van der Waals surface area contributed by atoms with E-state index in [4.69, 9.17) is 23.2 Å². The van der Waals surface area contributed by atoms with E-state index in [1.165, 1.54) is 18.2 Å². The number of nitro benzene ring substituents is 1. The van der Waals surface area contributed by atoms with E-state index in [0.29, 0.717) is 10.7 Å². The molecule has 0 heterocycles. The molecule has 2 aromatic rings. The molecule has 0 radical (unpaired) electrons. The van der Waals surface area contributed by atoms with Crippen LogP contribution in [-0.2, 0) is 4.79 Å². The van der Waals surface area contributed by atoms with Crippen LogP contribution in [0.3, 0.4) is 0 Å². The third kappa shape index (κ3) is 5.42. The van der Waals surface area contributed by atoms with Crippen molar-refractivity contribution < 1.29 is 9.72 Å². The molecule has 0 aliphatic rings. The number of hydrogen-bond acceptors (Lipinski definition) is 4. The summed E-state index contributed by atoms with van der Waals surface area (Å²) in [5, 5.41) is 17.4. The summed E-state index contributed by atoms with van der Waals surface area (Å²) in [5.74, 6) is -0.0349. The Morgan fingerprint density at radius 2 is 1.81 bits per heavy atom. The Bertz CT molecular complexity index is 795. The number of anilines is 1. The molecule has 138 valence electrons. The lowest BCUT2D eigenvalue weighted by atomic mass is 9.96. The van der Waals surface area contributed by atoms with Crippen molar-refractivity contribution in [2.75, 3.05) is 11.9 Å². The molecule has 8 heteroatoms. The van der Waals surface area contributed by atoms with E-state index in [1.807, 2.05) is 24.3 Å². The van der Waals surface area contributed by atoms with Gasteiger partial charge in [-0.1, -0.05) is 49.2 Å². The van der Waals surface area contributed by atoms with Crippen LogP contribution in [0.5, 0.6) is 0 Å². The van der Waals surface area contributed by atoms with Gasteiger partial charge >= 0.3 is 0 Å². The number of carbonyl (C=O) groups is 1. The number of nitrogens with one attached hydrogen (secondary N) is 2. The standard InChI is InChI=1S/C18H19Cl2N3O3/c1-11(2)18(12-3-5-13(19)6-4-12)21-10-17(24)22-16-8-7-14(23(25)26)9-15(16)20/h3-9,11,18,21H,10H2,1-2H3,(H,22,24)/t18-/m0/s1. The molecule has 0 aliphatic heterocycles. The number of non-ortho nitro benzene ring substituents is 1. The maximum absolute atomic E-state index is 12.2.